The summed E-state index contributed by atoms with van der Waals surface area (Å²) < 4.78 is 9.79. The van der Waals surface area contributed by atoms with E-state index in [9.17, 15) is 14.4 Å². The van der Waals surface area contributed by atoms with Gasteiger partial charge in [0.05, 0.1) is 23.2 Å². The van der Waals surface area contributed by atoms with Crippen molar-refractivity contribution in [3.05, 3.63) is 35.4 Å². The number of rotatable bonds is 4. The highest BCUT2D eigenvalue weighted by Crippen LogP contribution is 2.15. The van der Waals surface area contributed by atoms with Crippen LogP contribution in [0.15, 0.2) is 29.4 Å². The number of esters is 2. The molecule has 2 N–H and O–H groups in total. The average molecular weight is 333 g/mol. The Balaban J connectivity index is 1.90. The number of carbonyl (C=O) groups excluding carboxylic acids is 3. The van der Waals surface area contributed by atoms with Crippen molar-refractivity contribution in [2.45, 2.75) is 20.8 Å². The lowest BCUT2D eigenvalue weighted by molar-refractivity contribution is -0.161. The van der Waals surface area contributed by atoms with Gasteiger partial charge in [0.15, 0.2) is 0 Å². The van der Waals surface area contributed by atoms with Crippen molar-refractivity contribution in [3.63, 3.8) is 0 Å². The van der Waals surface area contributed by atoms with E-state index in [1.165, 1.54) is 0 Å². The quantitative estimate of drug-likeness (QED) is 0.640. The van der Waals surface area contributed by atoms with Gasteiger partial charge in [-0.3, -0.25) is 4.79 Å². The average Bonchev–Trinajstić information content (AvgIpc) is 2.54. The first kappa shape index (κ1) is 17.5. The molecule has 0 bridgehead atoms. The van der Waals surface area contributed by atoms with Crippen molar-refractivity contribution < 1.29 is 23.9 Å². The zero-order valence-corrected chi connectivity index (χ0v) is 13.7. The van der Waals surface area contributed by atoms with Crippen LogP contribution in [0.2, 0.25) is 0 Å². The van der Waals surface area contributed by atoms with Crippen LogP contribution >= 0.6 is 0 Å². The highest BCUT2D eigenvalue weighted by Gasteiger charge is 2.23. The number of ether oxygens (including phenoxy) is 2. The van der Waals surface area contributed by atoms with Gasteiger partial charge in [-0.05, 0) is 38.5 Å². The number of carbonyl (C=O) groups is 3. The smallest absolute Gasteiger partial charge is 0.340 e. The Morgan fingerprint density at radius 3 is 2.38 bits per heavy atom. The molecule has 0 aromatic heterocycles. The third-order valence-corrected chi connectivity index (χ3v) is 3.16. The fourth-order valence-electron chi connectivity index (χ4n) is 1.76. The van der Waals surface area contributed by atoms with E-state index in [4.69, 9.17) is 9.47 Å². The molecular weight excluding hydrogens is 314 g/mol. The van der Waals surface area contributed by atoms with Gasteiger partial charge in [-0.1, -0.05) is 12.1 Å². The maximum Gasteiger partial charge on any atom is 0.340 e. The van der Waals surface area contributed by atoms with Crippen molar-refractivity contribution in [2.75, 3.05) is 13.3 Å². The minimum absolute atomic E-state index is 0.304. The molecule has 0 radical (unpaired) electrons. The summed E-state index contributed by atoms with van der Waals surface area (Å²) in [6, 6.07) is 6.17. The SMILES string of the molecule is CC(C)(C)C(=O)OCOC(=O)c1ccc(C2=NNC(=O)NC2)cc1. The van der Waals surface area contributed by atoms with Crippen LogP contribution in [-0.4, -0.2) is 37.0 Å². The highest BCUT2D eigenvalue weighted by molar-refractivity contribution is 6.05. The number of hydrazone groups is 1. The van der Waals surface area contributed by atoms with E-state index in [-0.39, 0.29) is 6.03 Å². The molecule has 24 heavy (non-hydrogen) atoms. The molecule has 1 aliphatic heterocycles. The Bertz CT molecular complexity index is 674. The zero-order valence-electron chi connectivity index (χ0n) is 13.7. The topological polar surface area (TPSA) is 106 Å². The van der Waals surface area contributed by atoms with Crippen molar-refractivity contribution >= 4 is 23.7 Å². The Labute approximate surface area is 139 Å². The Hall–Kier alpha value is -2.90. The largest absolute Gasteiger partial charge is 0.427 e. The van der Waals surface area contributed by atoms with Gasteiger partial charge in [-0.2, -0.15) is 5.10 Å². The van der Waals surface area contributed by atoms with Gasteiger partial charge in [0.25, 0.3) is 0 Å². The standard InChI is InChI=1S/C16H19N3O5/c1-16(2,3)14(21)24-9-23-13(20)11-6-4-10(5-7-11)12-8-17-15(22)19-18-12/h4-7H,8-9H2,1-3H3,(H2,17,19,22). The maximum absolute atomic E-state index is 11.9. The van der Waals surface area contributed by atoms with Crippen LogP contribution in [0, 0.1) is 5.41 Å². The van der Waals surface area contributed by atoms with Gasteiger partial charge < -0.3 is 14.8 Å². The second-order valence-corrected chi connectivity index (χ2v) is 6.16. The number of hydrogen-bond donors (Lipinski definition) is 2. The van der Waals surface area contributed by atoms with Crippen LogP contribution in [0.25, 0.3) is 0 Å². The number of nitrogens with zero attached hydrogens (tertiary/aromatic N) is 1. The summed E-state index contributed by atoms with van der Waals surface area (Å²) in [5, 5.41) is 6.53. The molecule has 1 heterocycles. The molecule has 0 unspecified atom stereocenters. The first-order valence-corrected chi connectivity index (χ1v) is 7.32. The zero-order chi connectivity index (χ0) is 17.7. The molecule has 0 spiro atoms. The first-order chi connectivity index (χ1) is 11.3. The molecule has 0 saturated carbocycles. The summed E-state index contributed by atoms with van der Waals surface area (Å²) in [4.78, 5) is 34.4. The lowest BCUT2D eigenvalue weighted by Crippen LogP contribution is -2.42. The summed E-state index contributed by atoms with van der Waals surface area (Å²) in [6.07, 6.45) is 0. The predicted octanol–water partition coefficient (Wildman–Crippen LogP) is 1.41. The summed E-state index contributed by atoms with van der Waals surface area (Å²) in [7, 11) is 0. The van der Waals surface area contributed by atoms with E-state index in [1.54, 1.807) is 45.0 Å². The number of nitrogens with one attached hydrogen (secondary N) is 2. The molecule has 8 heteroatoms. The third kappa shape index (κ3) is 4.55. The molecule has 2 rings (SSSR count). The van der Waals surface area contributed by atoms with Gasteiger partial charge in [0, 0.05) is 0 Å². The van der Waals surface area contributed by atoms with Crippen LogP contribution in [-0.2, 0) is 14.3 Å². The normalized spacial score (nSPS) is 14.1. The first-order valence-electron chi connectivity index (χ1n) is 7.32. The van der Waals surface area contributed by atoms with Gasteiger partial charge in [-0.15, -0.1) is 0 Å². The molecular formula is C16H19N3O5. The molecule has 0 aliphatic carbocycles. The summed E-state index contributed by atoms with van der Waals surface area (Å²) in [5.41, 5.74) is 3.39. The Kier molecular flexibility index (Phi) is 5.18. The molecule has 0 atom stereocenters. The molecule has 1 aromatic rings. The number of urea groups is 1. The molecule has 1 aromatic carbocycles. The van der Waals surface area contributed by atoms with E-state index < -0.39 is 24.1 Å². The second-order valence-electron chi connectivity index (χ2n) is 6.16. The Morgan fingerprint density at radius 2 is 1.83 bits per heavy atom. The number of hydrogen-bond acceptors (Lipinski definition) is 6. The fraction of sp³-hybridized carbons (Fsp3) is 0.375. The van der Waals surface area contributed by atoms with Crippen LogP contribution in [0.3, 0.4) is 0 Å². The van der Waals surface area contributed by atoms with Crippen molar-refractivity contribution in [1.29, 1.82) is 0 Å². The van der Waals surface area contributed by atoms with Gasteiger partial charge in [-0.25, -0.2) is 15.0 Å². The van der Waals surface area contributed by atoms with Crippen LogP contribution < -0.4 is 10.7 Å². The lowest BCUT2D eigenvalue weighted by Gasteiger charge is -2.16. The van der Waals surface area contributed by atoms with E-state index in [0.717, 1.165) is 5.56 Å². The van der Waals surface area contributed by atoms with Crippen LogP contribution in [0.1, 0.15) is 36.7 Å². The minimum Gasteiger partial charge on any atom is -0.427 e. The fourth-order valence-corrected chi connectivity index (χ4v) is 1.76. The minimum atomic E-state index is -0.655. The monoisotopic (exact) mass is 333 g/mol. The summed E-state index contributed by atoms with van der Waals surface area (Å²) in [6.45, 7) is 5.00. The molecule has 0 fully saturated rings. The number of amides is 2. The highest BCUT2D eigenvalue weighted by atomic mass is 16.7. The summed E-state index contributed by atoms with van der Waals surface area (Å²) in [5.74, 6) is -1.05. The lowest BCUT2D eigenvalue weighted by atomic mass is 9.98. The van der Waals surface area contributed by atoms with E-state index >= 15 is 0 Å². The predicted molar refractivity (Wildman–Crippen MR) is 85.3 cm³/mol. The second kappa shape index (κ2) is 7.12. The van der Waals surface area contributed by atoms with E-state index in [1.807, 2.05) is 0 Å². The molecule has 0 saturated heterocycles. The van der Waals surface area contributed by atoms with Crippen LogP contribution in [0.5, 0.6) is 0 Å². The molecule has 8 nitrogen and oxygen atoms in total. The summed E-state index contributed by atoms with van der Waals surface area (Å²) >= 11 is 0. The van der Waals surface area contributed by atoms with Gasteiger partial charge in [0.2, 0.25) is 6.79 Å². The van der Waals surface area contributed by atoms with E-state index in [0.29, 0.717) is 17.8 Å². The maximum atomic E-state index is 11.9. The van der Waals surface area contributed by atoms with E-state index in [2.05, 4.69) is 15.8 Å². The Morgan fingerprint density at radius 1 is 1.17 bits per heavy atom. The van der Waals surface area contributed by atoms with Gasteiger partial charge in [0.1, 0.15) is 0 Å². The van der Waals surface area contributed by atoms with Gasteiger partial charge >= 0.3 is 18.0 Å². The van der Waals surface area contributed by atoms with Crippen LogP contribution in [0.4, 0.5) is 4.79 Å². The van der Waals surface area contributed by atoms with Crippen molar-refractivity contribution in [2.24, 2.45) is 10.5 Å². The number of benzene rings is 1. The molecule has 1 aliphatic rings. The van der Waals surface area contributed by atoms with Crippen molar-refractivity contribution in [1.82, 2.24) is 10.7 Å². The molecule has 2 amide bonds. The third-order valence-electron chi connectivity index (χ3n) is 3.16. The van der Waals surface area contributed by atoms with Crippen molar-refractivity contribution in [3.8, 4) is 0 Å². The molecule has 128 valence electrons.